The largest absolute Gasteiger partial charge is 0.423 e. The number of primary amides is 1. The molecule has 1 unspecified atom stereocenters. The van der Waals surface area contributed by atoms with Crippen LogP contribution in [-0.4, -0.2) is 47.4 Å². The van der Waals surface area contributed by atoms with Gasteiger partial charge in [-0.05, 0) is 25.0 Å². The Balaban J connectivity index is 1.41. The minimum absolute atomic E-state index is 0.0408. The summed E-state index contributed by atoms with van der Waals surface area (Å²) >= 11 is 0. The Morgan fingerprint density at radius 1 is 1.25 bits per heavy atom. The van der Waals surface area contributed by atoms with E-state index < -0.39 is 0 Å². The van der Waals surface area contributed by atoms with Gasteiger partial charge >= 0.3 is 0 Å². The number of benzene rings is 1. The van der Waals surface area contributed by atoms with Crippen molar-refractivity contribution in [1.82, 2.24) is 9.88 Å². The maximum atomic E-state index is 12.1. The molecule has 2 saturated heterocycles. The van der Waals surface area contributed by atoms with Crippen molar-refractivity contribution in [2.45, 2.75) is 25.3 Å². The maximum absolute atomic E-state index is 12.1. The van der Waals surface area contributed by atoms with E-state index in [1.165, 1.54) is 0 Å². The number of nitrogens with two attached hydrogens (primary N) is 1. The first-order chi connectivity index (χ1) is 11.6. The van der Waals surface area contributed by atoms with Gasteiger partial charge in [0.05, 0.1) is 5.92 Å². The molecule has 2 aromatic rings. The fraction of sp³-hybridized carbons (Fsp3) is 0.471. The third-order valence-electron chi connectivity index (χ3n) is 5.02. The molecule has 0 spiro atoms. The molecule has 1 aromatic carbocycles. The third kappa shape index (κ3) is 2.60. The van der Waals surface area contributed by atoms with E-state index in [1.54, 1.807) is 0 Å². The summed E-state index contributed by atoms with van der Waals surface area (Å²) in [4.78, 5) is 31.9. The van der Waals surface area contributed by atoms with Crippen LogP contribution in [0.5, 0.6) is 0 Å². The highest BCUT2D eigenvalue weighted by molar-refractivity contribution is 5.88. The van der Waals surface area contributed by atoms with Crippen LogP contribution in [0.4, 0.5) is 6.01 Å². The van der Waals surface area contributed by atoms with Crippen LogP contribution in [0.1, 0.15) is 19.3 Å². The maximum Gasteiger partial charge on any atom is 0.298 e. The molecule has 24 heavy (non-hydrogen) atoms. The molecule has 7 heteroatoms. The predicted octanol–water partition coefficient (Wildman–Crippen LogP) is 1.13. The van der Waals surface area contributed by atoms with Gasteiger partial charge in [0.25, 0.3) is 6.01 Å². The average molecular weight is 328 g/mol. The Hall–Kier alpha value is -2.57. The van der Waals surface area contributed by atoms with E-state index in [1.807, 2.05) is 29.2 Å². The van der Waals surface area contributed by atoms with E-state index in [2.05, 4.69) is 9.88 Å². The molecule has 0 saturated carbocycles. The van der Waals surface area contributed by atoms with Gasteiger partial charge in [0.15, 0.2) is 5.58 Å². The van der Waals surface area contributed by atoms with E-state index in [4.69, 9.17) is 10.2 Å². The first-order valence-corrected chi connectivity index (χ1v) is 8.31. The monoisotopic (exact) mass is 328 g/mol. The third-order valence-corrected chi connectivity index (χ3v) is 5.02. The zero-order chi connectivity index (χ0) is 16.7. The number of rotatable bonds is 3. The van der Waals surface area contributed by atoms with Crippen molar-refractivity contribution in [3.8, 4) is 0 Å². The second kappa shape index (κ2) is 5.81. The predicted molar refractivity (Wildman–Crippen MR) is 88.3 cm³/mol. The van der Waals surface area contributed by atoms with Gasteiger partial charge in [-0.2, -0.15) is 4.98 Å². The van der Waals surface area contributed by atoms with E-state index in [0.717, 1.165) is 37.0 Å². The molecule has 4 rings (SSSR count). The Morgan fingerprint density at radius 2 is 2.00 bits per heavy atom. The fourth-order valence-electron chi connectivity index (χ4n) is 3.64. The van der Waals surface area contributed by atoms with Crippen molar-refractivity contribution in [1.29, 1.82) is 0 Å². The molecule has 1 aromatic heterocycles. The first kappa shape index (κ1) is 15.0. The lowest BCUT2D eigenvalue weighted by atomic mass is 10.0. The lowest BCUT2D eigenvalue weighted by Crippen LogP contribution is -2.46. The summed E-state index contributed by atoms with van der Waals surface area (Å²) in [5, 5.41) is 0. The highest BCUT2D eigenvalue weighted by Gasteiger charge is 2.38. The fourth-order valence-corrected chi connectivity index (χ4v) is 3.64. The highest BCUT2D eigenvalue weighted by atomic mass is 16.4. The summed E-state index contributed by atoms with van der Waals surface area (Å²) in [5.74, 6) is -0.679. The highest BCUT2D eigenvalue weighted by Crippen LogP contribution is 2.28. The van der Waals surface area contributed by atoms with Crippen LogP contribution in [0.25, 0.3) is 11.1 Å². The lowest BCUT2D eigenvalue weighted by molar-refractivity contribution is -0.130. The van der Waals surface area contributed by atoms with Gasteiger partial charge in [-0.1, -0.05) is 12.1 Å². The Bertz CT molecular complexity index is 746. The summed E-state index contributed by atoms with van der Waals surface area (Å²) < 4.78 is 5.81. The van der Waals surface area contributed by atoms with Crippen LogP contribution in [0, 0.1) is 5.92 Å². The molecule has 2 aliphatic heterocycles. The van der Waals surface area contributed by atoms with E-state index in [-0.39, 0.29) is 30.2 Å². The van der Waals surface area contributed by atoms with Gasteiger partial charge in [-0.15, -0.1) is 0 Å². The van der Waals surface area contributed by atoms with Crippen LogP contribution in [-0.2, 0) is 9.59 Å². The summed E-state index contributed by atoms with van der Waals surface area (Å²) in [6.45, 7) is 2.02. The molecule has 2 amide bonds. The smallest absolute Gasteiger partial charge is 0.298 e. The van der Waals surface area contributed by atoms with Crippen LogP contribution in [0.3, 0.4) is 0 Å². The molecule has 7 nitrogen and oxygen atoms in total. The minimum Gasteiger partial charge on any atom is -0.423 e. The minimum atomic E-state index is -0.380. The number of amides is 2. The number of carbonyl (C=O) groups excluding carboxylic acids is 2. The normalized spacial score (nSPS) is 22.5. The van der Waals surface area contributed by atoms with Gasteiger partial charge in [0.2, 0.25) is 11.8 Å². The number of fused-ring (bicyclic) bond motifs is 1. The second-order valence-corrected chi connectivity index (χ2v) is 6.53. The molecule has 2 N–H and O–H groups in total. The molecule has 1 atom stereocenters. The number of nitrogens with zero attached hydrogens (tertiary/aromatic N) is 3. The van der Waals surface area contributed by atoms with Crippen LogP contribution in [0.2, 0.25) is 0 Å². The number of piperidine rings is 1. The number of likely N-dealkylation sites (tertiary alicyclic amines) is 1. The Morgan fingerprint density at radius 3 is 2.67 bits per heavy atom. The summed E-state index contributed by atoms with van der Waals surface area (Å²) in [6, 6.07) is 8.51. The number of hydrogen-bond acceptors (Lipinski definition) is 5. The van der Waals surface area contributed by atoms with Crippen molar-refractivity contribution in [2.24, 2.45) is 11.7 Å². The molecule has 0 bridgehead atoms. The summed E-state index contributed by atoms with van der Waals surface area (Å²) in [6.07, 6.45) is 1.94. The molecule has 126 valence electrons. The van der Waals surface area contributed by atoms with Crippen LogP contribution < -0.4 is 10.6 Å². The summed E-state index contributed by atoms with van der Waals surface area (Å²) in [5.41, 5.74) is 6.98. The van der Waals surface area contributed by atoms with E-state index in [9.17, 15) is 9.59 Å². The Labute approximate surface area is 139 Å². The number of aromatic nitrogens is 1. The number of carbonyl (C=O) groups is 2. The summed E-state index contributed by atoms with van der Waals surface area (Å²) in [7, 11) is 0. The van der Waals surface area contributed by atoms with Crippen LogP contribution in [0.15, 0.2) is 28.7 Å². The van der Waals surface area contributed by atoms with E-state index >= 15 is 0 Å². The van der Waals surface area contributed by atoms with Crippen molar-refractivity contribution in [3.05, 3.63) is 24.3 Å². The van der Waals surface area contributed by atoms with Crippen LogP contribution >= 0.6 is 0 Å². The molecule has 2 fully saturated rings. The number of hydrogen-bond donors (Lipinski definition) is 1. The number of para-hydroxylation sites is 2. The van der Waals surface area contributed by atoms with Gasteiger partial charge in [0, 0.05) is 32.1 Å². The molecular weight excluding hydrogens is 308 g/mol. The molecule has 0 radical (unpaired) electrons. The van der Waals surface area contributed by atoms with Crippen molar-refractivity contribution in [2.75, 3.05) is 24.5 Å². The molecule has 3 heterocycles. The zero-order valence-electron chi connectivity index (χ0n) is 13.4. The lowest BCUT2D eigenvalue weighted by Gasteiger charge is -2.36. The number of anilines is 1. The van der Waals surface area contributed by atoms with E-state index in [0.29, 0.717) is 12.6 Å². The quantitative estimate of drug-likeness (QED) is 0.912. The topological polar surface area (TPSA) is 92.7 Å². The Kier molecular flexibility index (Phi) is 3.63. The second-order valence-electron chi connectivity index (χ2n) is 6.53. The van der Waals surface area contributed by atoms with Crippen molar-refractivity contribution >= 4 is 28.9 Å². The van der Waals surface area contributed by atoms with Gasteiger partial charge in [-0.3, -0.25) is 9.59 Å². The first-order valence-electron chi connectivity index (χ1n) is 8.31. The number of oxazole rings is 1. The average Bonchev–Trinajstić information content (AvgIpc) is 3.18. The van der Waals surface area contributed by atoms with Gasteiger partial charge in [0.1, 0.15) is 5.52 Å². The SMILES string of the molecule is NC(=O)C1CC(=O)N(C2CCN(c3nc4ccccc4o3)CC2)C1. The molecule has 0 aliphatic carbocycles. The zero-order valence-corrected chi connectivity index (χ0v) is 13.4. The van der Waals surface area contributed by atoms with Crippen molar-refractivity contribution < 1.29 is 14.0 Å². The van der Waals surface area contributed by atoms with Crippen molar-refractivity contribution in [3.63, 3.8) is 0 Å². The standard InChI is InChI=1S/C17H20N4O3/c18-16(23)11-9-15(22)21(10-11)12-5-7-20(8-6-12)17-19-13-3-1-2-4-14(13)24-17/h1-4,11-12H,5-10H2,(H2,18,23). The molecule has 2 aliphatic rings. The van der Waals surface area contributed by atoms with Gasteiger partial charge < -0.3 is 20.0 Å². The van der Waals surface area contributed by atoms with Gasteiger partial charge in [-0.25, -0.2) is 0 Å². The molecular formula is C17H20N4O3.